The van der Waals surface area contributed by atoms with Gasteiger partial charge in [0.25, 0.3) is 11.8 Å². The lowest BCUT2D eigenvalue weighted by Gasteiger charge is -2.49. The first kappa shape index (κ1) is 28.0. The molecule has 14 nitrogen and oxygen atoms in total. The highest BCUT2D eigenvalue weighted by atomic mass is 32.2. The fraction of sp³-hybridized carbons (Fsp3) is 0.350. The number of carboxylic acids is 2. The number of hydrogen-bond acceptors (Lipinski definition) is 13. The summed E-state index contributed by atoms with van der Waals surface area (Å²) in [6.07, 6.45) is 1.12. The van der Waals surface area contributed by atoms with Gasteiger partial charge in [-0.2, -0.15) is 0 Å². The van der Waals surface area contributed by atoms with E-state index >= 15 is 0 Å². The van der Waals surface area contributed by atoms with Crippen molar-refractivity contribution in [2.45, 2.75) is 30.9 Å². The Hall–Kier alpha value is -3.57. The Morgan fingerprint density at radius 2 is 2.05 bits per heavy atom. The molecule has 17 heteroatoms. The molecule has 2 aliphatic heterocycles. The SMILES string of the molecule is COC(=O)/C=C\SC1=C(C(=O)O)N2C(=O)[C@@H](NC(=O)/C(=N/OC(C)(C)C(=O)O)c3csc(N)n3)[C@H]2SC1. The predicted molar refractivity (Wildman–Crippen MR) is 134 cm³/mol. The van der Waals surface area contributed by atoms with Crippen LogP contribution in [0, 0.1) is 0 Å². The number of oxime groups is 1. The van der Waals surface area contributed by atoms with Crippen LogP contribution in [0.25, 0.3) is 0 Å². The minimum absolute atomic E-state index is 0.00307. The highest BCUT2D eigenvalue weighted by Gasteiger charge is 2.54. The number of carbonyl (C=O) groups excluding carboxylic acids is 3. The second-order valence-electron chi connectivity index (χ2n) is 7.80. The van der Waals surface area contributed by atoms with Crippen LogP contribution in [-0.2, 0) is 33.5 Å². The maximum Gasteiger partial charge on any atom is 0.353 e. The zero-order valence-electron chi connectivity index (χ0n) is 19.5. The number of esters is 1. The molecule has 0 unspecified atom stereocenters. The molecule has 2 aliphatic rings. The van der Waals surface area contributed by atoms with E-state index in [9.17, 15) is 34.2 Å². The van der Waals surface area contributed by atoms with Crippen molar-refractivity contribution in [3.05, 3.63) is 33.2 Å². The first-order valence-electron chi connectivity index (χ1n) is 10.2. The molecule has 198 valence electrons. The Morgan fingerprint density at radius 3 is 2.62 bits per heavy atom. The number of rotatable bonds is 10. The van der Waals surface area contributed by atoms with E-state index in [0.29, 0.717) is 4.91 Å². The van der Waals surface area contributed by atoms with Gasteiger partial charge >= 0.3 is 17.9 Å². The number of aliphatic carboxylic acids is 2. The zero-order chi connectivity index (χ0) is 27.5. The highest BCUT2D eigenvalue weighted by molar-refractivity contribution is 8.08. The van der Waals surface area contributed by atoms with Gasteiger partial charge in [0, 0.05) is 22.1 Å². The molecule has 0 aromatic carbocycles. The zero-order valence-corrected chi connectivity index (χ0v) is 21.9. The predicted octanol–water partition coefficient (Wildman–Crippen LogP) is 0.425. The van der Waals surface area contributed by atoms with Crippen molar-refractivity contribution in [2.24, 2.45) is 5.16 Å². The monoisotopic (exact) mass is 571 g/mol. The number of fused-ring (bicyclic) bond motifs is 1. The fourth-order valence-corrected chi connectivity index (χ4v) is 5.79. The van der Waals surface area contributed by atoms with Crippen LogP contribution in [-0.4, -0.2) is 85.4 Å². The first-order chi connectivity index (χ1) is 17.4. The quantitative estimate of drug-likeness (QED) is 0.0987. The number of thiazole rings is 1. The third kappa shape index (κ3) is 6.05. The van der Waals surface area contributed by atoms with Gasteiger partial charge < -0.3 is 30.8 Å². The molecule has 3 rings (SSSR count). The van der Waals surface area contributed by atoms with Crippen LogP contribution in [0.4, 0.5) is 5.13 Å². The summed E-state index contributed by atoms with van der Waals surface area (Å²) in [5.41, 5.74) is 3.20. The summed E-state index contributed by atoms with van der Waals surface area (Å²) in [5.74, 6) is -4.68. The molecule has 1 aromatic heterocycles. The minimum Gasteiger partial charge on any atom is -0.478 e. The molecule has 2 atom stereocenters. The summed E-state index contributed by atoms with van der Waals surface area (Å²) in [6.45, 7) is 2.46. The van der Waals surface area contributed by atoms with Gasteiger partial charge in [0.1, 0.15) is 22.8 Å². The van der Waals surface area contributed by atoms with E-state index in [2.05, 4.69) is 20.2 Å². The van der Waals surface area contributed by atoms with Crippen LogP contribution in [0.5, 0.6) is 0 Å². The second-order valence-corrected chi connectivity index (χ2v) is 10.8. The van der Waals surface area contributed by atoms with Crippen molar-refractivity contribution >= 4 is 75.4 Å². The molecular formula is C20H21N5O9S3. The number of β-lactam (4-membered cyclic amide) rings is 1. The number of hydrogen-bond donors (Lipinski definition) is 4. The molecule has 0 radical (unpaired) electrons. The van der Waals surface area contributed by atoms with E-state index in [1.54, 1.807) is 0 Å². The third-order valence-corrected chi connectivity index (χ3v) is 7.93. The molecule has 37 heavy (non-hydrogen) atoms. The van der Waals surface area contributed by atoms with Crippen LogP contribution in [0.1, 0.15) is 19.5 Å². The largest absolute Gasteiger partial charge is 0.478 e. The van der Waals surface area contributed by atoms with Gasteiger partial charge in [-0.25, -0.2) is 19.4 Å². The van der Waals surface area contributed by atoms with Gasteiger partial charge in [-0.15, -0.1) is 23.1 Å². The summed E-state index contributed by atoms with van der Waals surface area (Å²) in [4.78, 5) is 70.9. The number of ether oxygens (including phenoxy) is 1. The number of nitrogens with one attached hydrogen (secondary N) is 1. The Balaban J connectivity index is 1.81. The number of amides is 2. The lowest BCUT2D eigenvalue weighted by atomic mass is 10.0. The van der Waals surface area contributed by atoms with Gasteiger partial charge in [0.2, 0.25) is 5.60 Å². The molecule has 5 N–H and O–H groups in total. The standard InChI is InChI=1S/C20H21N5O9S3/c1-20(2,18(31)32)34-24-11(8-6-37-19(21)22-8)14(27)23-12-15(28)25-13(17(29)30)9(7-36-16(12)25)35-5-4-10(26)33-3/h4-6,12,16H,7H2,1-3H3,(H2,21,22)(H,23,27)(H,29,30)(H,31,32)/b5-4-,24-11+/t12-,16-/m1/s1. The number of aromatic nitrogens is 1. The van der Waals surface area contributed by atoms with Crippen molar-refractivity contribution in [3.8, 4) is 0 Å². The average molecular weight is 572 g/mol. The maximum atomic E-state index is 13.1. The Labute approximate surface area is 221 Å². The smallest absolute Gasteiger partial charge is 0.353 e. The Morgan fingerprint density at radius 1 is 1.35 bits per heavy atom. The number of nitrogens with zero attached hydrogens (tertiary/aromatic N) is 3. The number of carboxylic acid groups (broad SMARTS) is 2. The first-order valence-corrected chi connectivity index (χ1v) is 13.0. The molecule has 0 aliphatic carbocycles. The Bertz CT molecular complexity index is 1240. The van der Waals surface area contributed by atoms with Crippen molar-refractivity contribution < 1.29 is 43.8 Å². The van der Waals surface area contributed by atoms with Gasteiger partial charge in [-0.05, 0) is 19.3 Å². The lowest BCUT2D eigenvalue weighted by molar-refractivity contribution is -0.161. The molecule has 0 saturated carbocycles. The molecule has 0 spiro atoms. The van der Waals surface area contributed by atoms with Crippen molar-refractivity contribution in [2.75, 3.05) is 18.6 Å². The highest BCUT2D eigenvalue weighted by Crippen LogP contribution is 2.43. The molecule has 1 saturated heterocycles. The normalized spacial score (nSPS) is 19.8. The van der Waals surface area contributed by atoms with E-state index in [-0.39, 0.29) is 22.3 Å². The van der Waals surface area contributed by atoms with Crippen LogP contribution in [0.2, 0.25) is 0 Å². The van der Waals surface area contributed by atoms with E-state index in [1.165, 1.54) is 43.5 Å². The van der Waals surface area contributed by atoms with E-state index in [1.807, 2.05) is 0 Å². The van der Waals surface area contributed by atoms with E-state index in [4.69, 9.17) is 10.6 Å². The van der Waals surface area contributed by atoms with Crippen LogP contribution >= 0.6 is 34.9 Å². The van der Waals surface area contributed by atoms with Gasteiger partial charge in [0.05, 0.1) is 7.11 Å². The van der Waals surface area contributed by atoms with Crippen molar-refractivity contribution in [1.29, 1.82) is 0 Å². The molecular weight excluding hydrogens is 550 g/mol. The van der Waals surface area contributed by atoms with Crippen molar-refractivity contribution in [1.82, 2.24) is 15.2 Å². The fourth-order valence-electron chi connectivity index (χ4n) is 2.93. The average Bonchev–Trinajstić information content (AvgIpc) is 3.27. The summed E-state index contributed by atoms with van der Waals surface area (Å²) in [7, 11) is 1.20. The van der Waals surface area contributed by atoms with Crippen LogP contribution in [0.15, 0.2) is 32.6 Å². The van der Waals surface area contributed by atoms with E-state index in [0.717, 1.165) is 34.1 Å². The summed E-state index contributed by atoms with van der Waals surface area (Å²) in [5, 5.41) is 27.3. The maximum absolute atomic E-state index is 13.1. The number of nitrogens with two attached hydrogens (primary N) is 1. The summed E-state index contributed by atoms with van der Waals surface area (Å²) < 4.78 is 4.49. The van der Waals surface area contributed by atoms with Crippen LogP contribution in [0.3, 0.4) is 0 Å². The number of carbonyl (C=O) groups is 5. The molecule has 1 fully saturated rings. The summed E-state index contributed by atoms with van der Waals surface area (Å²) >= 11 is 3.18. The number of nitrogen functional groups attached to an aromatic ring is 1. The van der Waals surface area contributed by atoms with Gasteiger partial charge in [-0.3, -0.25) is 14.5 Å². The van der Waals surface area contributed by atoms with E-state index < -0.39 is 52.5 Å². The van der Waals surface area contributed by atoms with Gasteiger partial charge in [-0.1, -0.05) is 16.9 Å². The minimum atomic E-state index is -1.77. The Kier molecular flexibility index (Phi) is 8.49. The number of thioether (sulfide) groups is 2. The van der Waals surface area contributed by atoms with Gasteiger partial charge in [0.15, 0.2) is 10.8 Å². The number of anilines is 1. The molecule has 0 bridgehead atoms. The summed E-state index contributed by atoms with van der Waals surface area (Å²) in [6, 6.07) is -1.10. The second kappa shape index (κ2) is 11.2. The molecule has 1 aromatic rings. The van der Waals surface area contributed by atoms with Crippen LogP contribution < -0.4 is 11.1 Å². The molecule has 3 heterocycles. The number of methoxy groups -OCH3 is 1. The van der Waals surface area contributed by atoms with Crippen molar-refractivity contribution in [3.63, 3.8) is 0 Å². The topological polar surface area (TPSA) is 211 Å². The molecule has 2 amide bonds. The third-order valence-electron chi connectivity index (χ3n) is 4.90. The lowest BCUT2D eigenvalue weighted by Crippen LogP contribution is -2.71.